The Hall–Kier alpha value is -1.13. The summed E-state index contributed by atoms with van der Waals surface area (Å²) in [5.74, 6) is -0.0441. The van der Waals surface area contributed by atoms with Gasteiger partial charge in [0, 0.05) is 6.42 Å². The summed E-state index contributed by atoms with van der Waals surface area (Å²) in [5.41, 5.74) is 0. The number of unbranched alkanes of at least 4 members (excludes halogenated alkanes) is 23. The van der Waals surface area contributed by atoms with Gasteiger partial charge >= 0.3 is 0 Å². The number of hydrogen-bond donors (Lipinski definition) is 3. The fourth-order valence-corrected chi connectivity index (χ4v) is 5.70. The molecule has 0 aliphatic carbocycles. The highest BCUT2D eigenvalue weighted by atomic mass is 16.3. The Kier molecular flexibility index (Phi) is 34.4. The quantitative estimate of drug-likeness (QED) is 0.0505. The molecule has 2 atom stereocenters. The summed E-state index contributed by atoms with van der Waals surface area (Å²) in [6.45, 7) is 4.31. The largest absolute Gasteiger partial charge is 0.394 e. The van der Waals surface area contributed by atoms with Crippen molar-refractivity contribution in [2.24, 2.45) is 0 Å². The van der Waals surface area contributed by atoms with Crippen LogP contribution in [0.1, 0.15) is 200 Å². The Morgan fingerprint density at radius 2 is 0.884 bits per heavy atom. The lowest BCUT2D eigenvalue weighted by atomic mass is 10.0. The number of aliphatic hydroxyl groups excluding tert-OH is 2. The molecule has 0 heterocycles. The van der Waals surface area contributed by atoms with E-state index in [9.17, 15) is 15.0 Å². The predicted molar refractivity (Wildman–Crippen MR) is 189 cm³/mol. The first kappa shape index (κ1) is 41.9. The summed E-state index contributed by atoms with van der Waals surface area (Å²) >= 11 is 0. The maximum Gasteiger partial charge on any atom is 0.220 e. The highest BCUT2D eigenvalue weighted by molar-refractivity contribution is 5.76. The van der Waals surface area contributed by atoms with E-state index in [0.29, 0.717) is 12.8 Å². The van der Waals surface area contributed by atoms with Gasteiger partial charge in [-0.25, -0.2) is 0 Å². The Bertz CT molecular complexity index is 618. The summed E-state index contributed by atoms with van der Waals surface area (Å²) in [6, 6.07) is -0.548. The number of nitrogens with one attached hydrogen (secondary N) is 1. The highest BCUT2D eigenvalue weighted by Crippen LogP contribution is 2.14. The molecule has 0 spiro atoms. The van der Waals surface area contributed by atoms with E-state index in [0.717, 1.165) is 32.1 Å². The van der Waals surface area contributed by atoms with Gasteiger partial charge in [-0.05, 0) is 64.2 Å². The maximum absolute atomic E-state index is 12.3. The van der Waals surface area contributed by atoms with Crippen LogP contribution in [0.15, 0.2) is 24.3 Å². The zero-order valence-corrected chi connectivity index (χ0v) is 29.0. The third kappa shape index (κ3) is 32.1. The molecule has 0 rings (SSSR count). The van der Waals surface area contributed by atoms with Gasteiger partial charge in [-0.3, -0.25) is 4.79 Å². The number of rotatable bonds is 34. The van der Waals surface area contributed by atoms with Crippen molar-refractivity contribution >= 4 is 5.91 Å². The minimum Gasteiger partial charge on any atom is -0.394 e. The average Bonchev–Trinajstić information content (AvgIpc) is 3.01. The molecule has 3 N–H and O–H groups in total. The summed E-state index contributed by atoms with van der Waals surface area (Å²) in [6.07, 6.45) is 43.9. The van der Waals surface area contributed by atoms with Crippen molar-refractivity contribution in [1.29, 1.82) is 0 Å². The first-order valence-electron chi connectivity index (χ1n) is 19.0. The standard InChI is InChI=1S/C39H75NO3/c1-3-5-7-9-11-13-15-16-17-18-19-20-21-22-23-24-25-27-29-31-33-35-39(43)40-37(36-41)38(42)34-32-30-28-26-14-12-10-8-6-4-2/h14,16-17,26,37-38,41-42H,3-13,15,18-25,27-36H2,1-2H3,(H,40,43)/b17-16+,26-14+/t37-,38+/m0/s1. The molecular weight excluding hydrogens is 530 g/mol. The van der Waals surface area contributed by atoms with Crippen LogP contribution in [0, 0.1) is 0 Å². The van der Waals surface area contributed by atoms with Crippen LogP contribution in [0.4, 0.5) is 0 Å². The molecule has 0 aliphatic heterocycles. The summed E-state index contributed by atoms with van der Waals surface area (Å²) in [5, 5.41) is 23.0. The normalized spacial score (nSPS) is 13.3. The van der Waals surface area contributed by atoms with E-state index in [-0.39, 0.29) is 12.5 Å². The molecule has 0 aliphatic rings. The van der Waals surface area contributed by atoms with Gasteiger partial charge in [-0.2, -0.15) is 0 Å². The predicted octanol–water partition coefficient (Wildman–Crippen LogP) is 11.3. The summed E-state index contributed by atoms with van der Waals surface area (Å²) in [4.78, 5) is 12.3. The molecule has 0 aromatic carbocycles. The van der Waals surface area contributed by atoms with Crippen LogP contribution in [-0.4, -0.2) is 34.9 Å². The first-order chi connectivity index (χ1) is 21.2. The topological polar surface area (TPSA) is 69.6 Å². The van der Waals surface area contributed by atoms with Crippen LogP contribution in [-0.2, 0) is 4.79 Å². The smallest absolute Gasteiger partial charge is 0.220 e. The van der Waals surface area contributed by atoms with Crippen LogP contribution in [0.2, 0.25) is 0 Å². The second kappa shape index (κ2) is 35.4. The SMILES string of the molecule is CCCCCC/C=C/CCCC[C@@H](O)[C@H](CO)NC(=O)CCCCCCCCCCCCC/C=C/CCCCCCCC. The number of aliphatic hydroxyl groups is 2. The molecule has 254 valence electrons. The second-order valence-electron chi connectivity index (χ2n) is 13.0. The van der Waals surface area contributed by atoms with E-state index in [1.165, 1.54) is 141 Å². The molecule has 0 saturated heterocycles. The molecule has 4 heteroatoms. The van der Waals surface area contributed by atoms with Crippen LogP contribution in [0.3, 0.4) is 0 Å². The molecule has 0 bridgehead atoms. The van der Waals surface area contributed by atoms with Gasteiger partial charge in [0.25, 0.3) is 0 Å². The fourth-order valence-electron chi connectivity index (χ4n) is 5.70. The number of amides is 1. The molecule has 0 saturated carbocycles. The van der Waals surface area contributed by atoms with Gasteiger partial charge in [0.15, 0.2) is 0 Å². The lowest BCUT2D eigenvalue weighted by molar-refractivity contribution is -0.123. The third-order valence-electron chi connectivity index (χ3n) is 8.68. The Labute approximate surface area is 269 Å². The van der Waals surface area contributed by atoms with E-state index >= 15 is 0 Å². The monoisotopic (exact) mass is 606 g/mol. The molecule has 0 radical (unpaired) electrons. The minimum absolute atomic E-state index is 0.0441. The number of carbonyl (C=O) groups excluding carboxylic acids is 1. The molecule has 43 heavy (non-hydrogen) atoms. The van der Waals surface area contributed by atoms with E-state index in [2.05, 4.69) is 43.5 Å². The van der Waals surface area contributed by atoms with Gasteiger partial charge in [0.1, 0.15) is 0 Å². The van der Waals surface area contributed by atoms with Gasteiger partial charge in [-0.15, -0.1) is 0 Å². The van der Waals surface area contributed by atoms with Crippen molar-refractivity contribution in [1.82, 2.24) is 5.32 Å². The first-order valence-corrected chi connectivity index (χ1v) is 19.0. The van der Waals surface area contributed by atoms with Crippen molar-refractivity contribution in [3.8, 4) is 0 Å². The molecule has 0 unspecified atom stereocenters. The van der Waals surface area contributed by atoms with Crippen molar-refractivity contribution in [3.63, 3.8) is 0 Å². The minimum atomic E-state index is -0.677. The lowest BCUT2D eigenvalue weighted by Gasteiger charge is -2.22. The van der Waals surface area contributed by atoms with Crippen molar-refractivity contribution in [3.05, 3.63) is 24.3 Å². The Balaban J connectivity index is 3.52. The van der Waals surface area contributed by atoms with Gasteiger partial charge < -0.3 is 15.5 Å². The molecule has 4 nitrogen and oxygen atoms in total. The molecule has 0 fully saturated rings. The third-order valence-corrected chi connectivity index (χ3v) is 8.68. The van der Waals surface area contributed by atoms with Crippen LogP contribution in [0.5, 0.6) is 0 Å². The molecule has 1 amide bonds. The number of allylic oxidation sites excluding steroid dienone is 4. The van der Waals surface area contributed by atoms with Gasteiger partial charge in [0.05, 0.1) is 18.8 Å². The van der Waals surface area contributed by atoms with Crippen molar-refractivity contribution in [2.75, 3.05) is 6.61 Å². The Morgan fingerprint density at radius 1 is 0.535 bits per heavy atom. The van der Waals surface area contributed by atoms with Gasteiger partial charge in [-0.1, -0.05) is 154 Å². The number of hydrogen-bond acceptors (Lipinski definition) is 3. The lowest BCUT2D eigenvalue weighted by Crippen LogP contribution is -2.45. The van der Waals surface area contributed by atoms with Crippen molar-refractivity contribution in [2.45, 2.75) is 212 Å². The second-order valence-corrected chi connectivity index (χ2v) is 13.0. The average molecular weight is 606 g/mol. The van der Waals surface area contributed by atoms with E-state index in [1.54, 1.807) is 0 Å². The molecule has 0 aromatic heterocycles. The van der Waals surface area contributed by atoms with E-state index < -0.39 is 12.1 Å². The summed E-state index contributed by atoms with van der Waals surface area (Å²) < 4.78 is 0. The zero-order valence-electron chi connectivity index (χ0n) is 29.0. The molecular formula is C39H75NO3. The van der Waals surface area contributed by atoms with E-state index in [1.807, 2.05) is 0 Å². The van der Waals surface area contributed by atoms with E-state index in [4.69, 9.17) is 0 Å². The van der Waals surface area contributed by atoms with Crippen LogP contribution >= 0.6 is 0 Å². The summed E-state index contributed by atoms with van der Waals surface area (Å²) in [7, 11) is 0. The maximum atomic E-state index is 12.3. The van der Waals surface area contributed by atoms with Crippen LogP contribution in [0.25, 0.3) is 0 Å². The van der Waals surface area contributed by atoms with Gasteiger partial charge in [0.2, 0.25) is 5.91 Å². The van der Waals surface area contributed by atoms with Crippen LogP contribution < -0.4 is 5.32 Å². The highest BCUT2D eigenvalue weighted by Gasteiger charge is 2.19. The Morgan fingerprint density at radius 3 is 1.30 bits per heavy atom. The number of carbonyl (C=O) groups is 1. The fraction of sp³-hybridized carbons (Fsp3) is 0.872. The van der Waals surface area contributed by atoms with Crippen molar-refractivity contribution < 1.29 is 15.0 Å². The molecule has 0 aromatic rings. The zero-order chi connectivity index (χ0) is 31.5.